The number of hydrogen-bond donors (Lipinski definition) is 1. The van der Waals surface area contributed by atoms with Gasteiger partial charge in [-0.15, -0.1) is 0 Å². The van der Waals surface area contributed by atoms with E-state index in [0.717, 1.165) is 32.6 Å². The summed E-state index contributed by atoms with van der Waals surface area (Å²) in [5.41, 5.74) is 1.32. The molecule has 0 radical (unpaired) electrons. The Morgan fingerprint density at radius 2 is 2.00 bits per heavy atom. The van der Waals surface area contributed by atoms with Crippen LogP contribution in [0.15, 0.2) is 30.3 Å². The van der Waals surface area contributed by atoms with Gasteiger partial charge in [-0.05, 0) is 18.9 Å². The summed E-state index contributed by atoms with van der Waals surface area (Å²) in [7, 11) is 0. The third kappa shape index (κ3) is 4.33. The van der Waals surface area contributed by atoms with Crippen LogP contribution in [-0.2, 0) is 11.3 Å². The SMILES string of the molecule is CC1CCN(CC(=O)O)CCN1Cc1ccccc1. The van der Waals surface area contributed by atoms with Crippen LogP contribution < -0.4 is 0 Å². The van der Waals surface area contributed by atoms with Crippen molar-refractivity contribution < 1.29 is 9.90 Å². The van der Waals surface area contributed by atoms with E-state index in [0.29, 0.717) is 6.04 Å². The molecule has 2 rings (SSSR count). The molecule has 1 aromatic rings. The minimum atomic E-state index is -0.732. The van der Waals surface area contributed by atoms with E-state index < -0.39 is 5.97 Å². The van der Waals surface area contributed by atoms with E-state index in [9.17, 15) is 4.79 Å². The van der Waals surface area contributed by atoms with Crippen LogP contribution in [-0.4, -0.2) is 53.1 Å². The second kappa shape index (κ2) is 6.68. The Morgan fingerprint density at radius 3 is 2.68 bits per heavy atom. The van der Waals surface area contributed by atoms with E-state index in [1.807, 2.05) is 11.0 Å². The zero-order valence-electron chi connectivity index (χ0n) is 11.5. The minimum Gasteiger partial charge on any atom is -0.480 e. The summed E-state index contributed by atoms with van der Waals surface area (Å²) >= 11 is 0. The number of aliphatic carboxylic acids is 1. The van der Waals surface area contributed by atoms with Gasteiger partial charge in [-0.3, -0.25) is 14.6 Å². The highest BCUT2D eigenvalue weighted by atomic mass is 16.4. The predicted molar refractivity (Wildman–Crippen MR) is 75.0 cm³/mol. The van der Waals surface area contributed by atoms with Crippen LogP contribution in [0.2, 0.25) is 0 Å². The molecule has 104 valence electrons. The van der Waals surface area contributed by atoms with Crippen LogP contribution in [0, 0.1) is 0 Å². The highest BCUT2D eigenvalue weighted by Gasteiger charge is 2.21. The molecule has 1 unspecified atom stereocenters. The van der Waals surface area contributed by atoms with Crippen molar-refractivity contribution in [2.75, 3.05) is 26.2 Å². The van der Waals surface area contributed by atoms with E-state index in [-0.39, 0.29) is 6.54 Å². The fourth-order valence-corrected chi connectivity index (χ4v) is 2.56. The van der Waals surface area contributed by atoms with Gasteiger partial charge < -0.3 is 5.11 Å². The van der Waals surface area contributed by atoms with Crippen molar-refractivity contribution in [3.63, 3.8) is 0 Å². The smallest absolute Gasteiger partial charge is 0.317 e. The highest BCUT2D eigenvalue weighted by Crippen LogP contribution is 2.14. The maximum atomic E-state index is 10.8. The second-order valence-corrected chi connectivity index (χ2v) is 5.26. The van der Waals surface area contributed by atoms with Crippen LogP contribution in [0.3, 0.4) is 0 Å². The molecule has 0 spiro atoms. The fourth-order valence-electron chi connectivity index (χ4n) is 2.56. The van der Waals surface area contributed by atoms with Crippen molar-refractivity contribution >= 4 is 5.97 Å². The number of nitrogens with zero attached hydrogens (tertiary/aromatic N) is 2. The predicted octanol–water partition coefficient (Wildman–Crippen LogP) is 1.67. The third-order valence-electron chi connectivity index (χ3n) is 3.78. The normalized spacial score (nSPS) is 22.1. The highest BCUT2D eigenvalue weighted by molar-refractivity contribution is 5.69. The lowest BCUT2D eigenvalue weighted by atomic mass is 10.1. The number of carboxylic acids is 1. The first-order valence-electron chi connectivity index (χ1n) is 6.87. The quantitative estimate of drug-likeness (QED) is 0.896. The molecule has 1 aliphatic rings. The molecule has 0 aliphatic carbocycles. The number of rotatable bonds is 4. The average molecular weight is 262 g/mol. The zero-order valence-corrected chi connectivity index (χ0v) is 11.5. The lowest BCUT2D eigenvalue weighted by Gasteiger charge is -2.26. The summed E-state index contributed by atoms with van der Waals surface area (Å²) in [4.78, 5) is 15.3. The van der Waals surface area contributed by atoms with Crippen molar-refractivity contribution in [3.8, 4) is 0 Å². The molecule has 4 heteroatoms. The van der Waals surface area contributed by atoms with E-state index in [2.05, 4.69) is 36.1 Å². The molecule has 4 nitrogen and oxygen atoms in total. The van der Waals surface area contributed by atoms with Gasteiger partial charge in [0.15, 0.2) is 0 Å². The lowest BCUT2D eigenvalue weighted by molar-refractivity contribution is -0.138. The van der Waals surface area contributed by atoms with Gasteiger partial charge in [0.2, 0.25) is 0 Å². The topological polar surface area (TPSA) is 43.8 Å². The van der Waals surface area contributed by atoms with Gasteiger partial charge in [0.1, 0.15) is 0 Å². The standard InChI is InChI=1S/C15H22N2O2/c1-13-7-8-16(12-15(18)19)9-10-17(13)11-14-5-3-2-4-6-14/h2-6,13H,7-12H2,1H3,(H,18,19). The van der Waals surface area contributed by atoms with Crippen LogP contribution in [0.1, 0.15) is 18.9 Å². The van der Waals surface area contributed by atoms with E-state index in [4.69, 9.17) is 5.11 Å². The van der Waals surface area contributed by atoms with Crippen molar-refractivity contribution in [2.24, 2.45) is 0 Å². The molecular formula is C15H22N2O2. The number of benzene rings is 1. The molecule has 1 aromatic carbocycles. The molecular weight excluding hydrogens is 240 g/mol. The van der Waals surface area contributed by atoms with Crippen LogP contribution in [0.5, 0.6) is 0 Å². The zero-order chi connectivity index (χ0) is 13.7. The molecule has 0 amide bonds. The van der Waals surface area contributed by atoms with Crippen molar-refractivity contribution in [1.82, 2.24) is 9.80 Å². The summed E-state index contributed by atoms with van der Waals surface area (Å²) < 4.78 is 0. The van der Waals surface area contributed by atoms with Gasteiger partial charge in [-0.2, -0.15) is 0 Å². The first-order valence-corrected chi connectivity index (χ1v) is 6.87. The molecule has 0 bridgehead atoms. The van der Waals surface area contributed by atoms with Gasteiger partial charge >= 0.3 is 5.97 Å². The Hall–Kier alpha value is -1.39. The van der Waals surface area contributed by atoms with Gasteiger partial charge in [0, 0.05) is 32.2 Å². The molecule has 1 fully saturated rings. The van der Waals surface area contributed by atoms with Crippen molar-refractivity contribution in [1.29, 1.82) is 0 Å². The van der Waals surface area contributed by atoms with Gasteiger partial charge in [-0.25, -0.2) is 0 Å². The van der Waals surface area contributed by atoms with E-state index in [1.54, 1.807) is 0 Å². The van der Waals surface area contributed by atoms with Crippen LogP contribution in [0.25, 0.3) is 0 Å². The Labute approximate surface area is 114 Å². The van der Waals surface area contributed by atoms with Gasteiger partial charge in [0.25, 0.3) is 0 Å². The summed E-state index contributed by atoms with van der Waals surface area (Å²) in [5, 5.41) is 8.87. The first kappa shape index (κ1) is 14.0. The van der Waals surface area contributed by atoms with E-state index >= 15 is 0 Å². The third-order valence-corrected chi connectivity index (χ3v) is 3.78. The molecule has 1 N–H and O–H groups in total. The second-order valence-electron chi connectivity index (χ2n) is 5.26. The Morgan fingerprint density at radius 1 is 1.26 bits per heavy atom. The van der Waals surface area contributed by atoms with E-state index in [1.165, 1.54) is 5.56 Å². The Balaban J connectivity index is 1.93. The molecule has 1 saturated heterocycles. The minimum absolute atomic E-state index is 0.159. The van der Waals surface area contributed by atoms with Gasteiger partial charge in [0.05, 0.1) is 6.54 Å². The number of carbonyl (C=O) groups is 1. The van der Waals surface area contributed by atoms with Gasteiger partial charge in [-0.1, -0.05) is 30.3 Å². The molecule has 19 heavy (non-hydrogen) atoms. The maximum Gasteiger partial charge on any atom is 0.317 e. The Kier molecular flexibility index (Phi) is 4.93. The summed E-state index contributed by atoms with van der Waals surface area (Å²) in [6.07, 6.45) is 1.03. The summed E-state index contributed by atoms with van der Waals surface area (Å²) in [6, 6.07) is 10.9. The van der Waals surface area contributed by atoms with Crippen molar-refractivity contribution in [3.05, 3.63) is 35.9 Å². The lowest BCUT2D eigenvalue weighted by Crippen LogP contribution is -2.35. The number of carboxylic acid groups (broad SMARTS) is 1. The molecule has 0 saturated carbocycles. The molecule has 1 heterocycles. The molecule has 1 atom stereocenters. The van der Waals surface area contributed by atoms with Crippen LogP contribution >= 0.6 is 0 Å². The average Bonchev–Trinajstić information content (AvgIpc) is 2.55. The molecule has 1 aliphatic heterocycles. The first-order chi connectivity index (χ1) is 9.15. The number of hydrogen-bond acceptors (Lipinski definition) is 3. The largest absolute Gasteiger partial charge is 0.480 e. The fraction of sp³-hybridized carbons (Fsp3) is 0.533. The summed E-state index contributed by atoms with van der Waals surface area (Å²) in [5.74, 6) is -0.732. The monoisotopic (exact) mass is 262 g/mol. The van der Waals surface area contributed by atoms with Crippen molar-refractivity contribution in [2.45, 2.75) is 25.9 Å². The van der Waals surface area contributed by atoms with Crippen LogP contribution in [0.4, 0.5) is 0 Å². The molecule has 0 aromatic heterocycles. The maximum absolute atomic E-state index is 10.8. The Bertz CT molecular complexity index is 408. The summed E-state index contributed by atoms with van der Waals surface area (Å²) in [6.45, 7) is 5.98.